The number of hydrogen-bond acceptors (Lipinski definition) is 3. The second-order valence-corrected chi connectivity index (χ2v) is 5.09. The summed E-state index contributed by atoms with van der Waals surface area (Å²) < 4.78 is 3.02. The quantitative estimate of drug-likeness (QED) is 0.813. The molecule has 0 aliphatic carbocycles. The summed E-state index contributed by atoms with van der Waals surface area (Å²) in [6.45, 7) is 2.72. The van der Waals surface area contributed by atoms with Crippen molar-refractivity contribution in [3.63, 3.8) is 0 Å². The molecule has 0 saturated heterocycles. The summed E-state index contributed by atoms with van der Waals surface area (Å²) in [6.07, 6.45) is 3.86. The van der Waals surface area contributed by atoms with Gasteiger partial charge in [0.2, 0.25) is 0 Å². The number of anilines is 1. The Balaban J connectivity index is 1.89. The largest absolute Gasteiger partial charge is 0.362 e. The lowest BCUT2D eigenvalue weighted by molar-refractivity contribution is 0.560. The van der Waals surface area contributed by atoms with Crippen molar-refractivity contribution in [3.8, 4) is 6.07 Å². The molecule has 4 nitrogen and oxygen atoms in total. The van der Waals surface area contributed by atoms with Crippen LogP contribution in [0.25, 0.3) is 0 Å². The standard InChI is InChI=1S/C13H11BrN4/c14-12-7-11(2-1-10(12)8-15)18-6-5-17-4-3-16-13(17)9-18/h1-4,7H,5-6,9H2. The monoisotopic (exact) mass is 302 g/mol. The first kappa shape index (κ1) is 11.3. The topological polar surface area (TPSA) is 44.9 Å². The van der Waals surface area contributed by atoms with Crippen molar-refractivity contribution in [2.45, 2.75) is 13.1 Å². The predicted molar refractivity (Wildman–Crippen MR) is 72.1 cm³/mol. The molecule has 2 heterocycles. The van der Waals surface area contributed by atoms with Gasteiger partial charge in [0.15, 0.2) is 0 Å². The molecule has 0 saturated carbocycles. The highest BCUT2D eigenvalue weighted by atomic mass is 79.9. The van der Waals surface area contributed by atoms with E-state index in [-0.39, 0.29) is 0 Å². The van der Waals surface area contributed by atoms with E-state index in [4.69, 9.17) is 5.26 Å². The van der Waals surface area contributed by atoms with Crippen LogP contribution in [0.3, 0.4) is 0 Å². The number of nitrogens with zero attached hydrogens (tertiary/aromatic N) is 4. The van der Waals surface area contributed by atoms with E-state index in [1.165, 1.54) is 0 Å². The van der Waals surface area contributed by atoms with Gasteiger partial charge in [-0.2, -0.15) is 5.26 Å². The van der Waals surface area contributed by atoms with Crippen molar-refractivity contribution in [2.75, 3.05) is 11.4 Å². The Morgan fingerprint density at radius 1 is 1.33 bits per heavy atom. The van der Waals surface area contributed by atoms with Gasteiger partial charge in [-0.3, -0.25) is 0 Å². The molecule has 0 fully saturated rings. The first-order valence-corrected chi connectivity index (χ1v) is 6.52. The smallest absolute Gasteiger partial charge is 0.128 e. The Hall–Kier alpha value is -1.80. The lowest BCUT2D eigenvalue weighted by Crippen LogP contribution is -2.33. The fourth-order valence-corrected chi connectivity index (χ4v) is 2.64. The average Bonchev–Trinajstić information content (AvgIpc) is 2.85. The molecule has 1 aliphatic heterocycles. The van der Waals surface area contributed by atoms with Crippen LogP contribution in [0.15, 0.2) is 35.1 Å². The van der Waals surface area contributed by atoms with Crippen molar-refractivity contribution in [1.29, 1.82) is 5.26 Å². The number of halogens is 1. The number of fused-ring (bicyclic) bond motifs is 1. The fourth-order valence-electron chi connectivity index (χ4n) is 2.19. The van der Waals surface area contributed by atoms with E-state index in [9.17, 15) is 0 Å². The lowest BCUT2D eigenvalue weighted by atomic mass is 10.2. The van der Waals surface area contributed by atoms with Gasteiger partial charge in [-0.1, -0.05) is 0 Å². The van der Waals surface area contributed by atoms with Gasteiger partial charge in [-0.25, -0.2) is 4.98 Å². The minimum atomic E-state index is 0.664. The molecule has 18 heavy (non-hydrogen) atoms. The van der Waals surface area contributed by atoms with E-state index < -0.39 is 0 Å². The molecule has 0 atom stereocenters. The molecular formula is C13H11BrN4. The zero-order chi connectivity index (χ0) is 12.5. The van der Waals surface area contributed by atoms with E-state index in [1.54, 1.807) is 0 Å². The van der Waals surface area contributed by atoms with Crippen LogP contribution < -0.4 is 4.90 Å². The second kappa shape index (κ2) is 4.46. The van der Waals surface area contributed by atoms with E-state index in [0.29, 0.717) is 5.56 Å². The Morgan fingerprint density at radius 3 is 3.00 bits per heavy atom. The molecule has 1 aromatic heterocycles. The maximum atomic E-state index is 8.92. The van der Waals surface area contributed by atoms with Crippen molar-refractivity contribution in [3.05, 3.63) is 46.5 Å². The lowest BCUT2D eigenvalue weighted by Gasteiger charge is -2.29. The number of benzene rings is 1. The predicted octanol–water partition coefficient (Wildman–Crippen LogP) is 2.54. The Labute approximate surface area is 114 Å². The number of imidazole rings is 1. The summed E-state index contributed by atoms with van der Waals surface area (Å²) in [6, 6.07) is 7.99. The van der Waals surface area contributed by atoms with Gasteiger partial charge in [-0.05, 0) is 34.1 Å². The van der Waals surface area contributed by atoms with Gasteiger partial charge in [0.05, 0.1) is 12.1 Å². The summed E-state index contributed by atoms with van der Waals surface area (Å²) >= 11 is 3.43. The summed E-state index contributed by atoms with van der Waals surface area (Å²) in [7, 11) is 0. The van der Waals surface area contributed by atoms with E-state index in [1.807, 2.05) is 30.6 Å². The van der Waals surface area contributed by atoms with Crippen LogP contribution in [0.1, 0.15) is 11.4 Å². The van der Waals surface area contributed by atoms with Crippen molar-refractivity contribution in [1.82, 2.24) is 9.55 Å². The van der Waals surface area contributed by atoms with Crippen molar-refractivity contribution < 1.29 is 0 Å². The summed E-state index contributed by atoms with van der Waals surface area (Å²) in [4.78, 5) is 6.62. The Bertz CT molecular complexity index is 626. The third-order valence-electron chi connectivity index (χ3n) is 3.18. The molecule has 3 rings (SSSR count). The van der Waals surface area contributed by atoms with E-state index in [0.717, 1.165) is 35.6 Å². The van der Waals surface area contributed by atoms with Crippen molar-refractivity contribution >= 4 is 21.6 Å². The molecule has 2 aromatic rings. The van der Waals surface area contributed by atoms with Crippen LogP contribution in [0.2, 0.25) is 0 Å². The van der Waals surface area contributed by atoms with Gasteiger partial charge in [0, 0.05) is 35.6 Å². The highest BCUT2D eigenvalue weighted by Crippen LogP contribution is 2.26. The summed E-state index contributed by atoms with van der Waals surface area (Å²) in [5, 5.41) is 8.92. The molecule has 0 radical (unpaired) electrons. The van der Waals surface area contributed by atoms with Crippen LogP contribution in [0.4, 0.5) is 5.69 Å². The minimum Gasteiger partial charge on any atom is -0.362 e. The average molecular weight is 303 g/mol. The van der Waals surface area contributed by atoms with Crippen molar-refractivity contribution in [2.24, 2.45) is 0 Å². The number of nitriles is 1. The van der Waals surface area contributed by atoms with Gasteiger partial charge >= 0.3 is 0 Å². The second-order valence-electron chi connectivity index (χ2n) is 4.23. The van der Waals surface area contributed by atoms with Crippen LogP contribution in [0, 0.1) is 11.3 Å². The number of rotatable bonds is 1. The third kappa shape index (κ3) is 1.89. The maximum absolute atomic E-state index is 8.92. The molecule has 1 aromatic carbocycles. The first-order valence-electron chi connectivity index (χ1n) is 5.72. The molecule has 90 valence electrons. The Morgan fingerprint density at radius 2 is 2.22 bits per heavy atom. The zero-order valence-electron chi connectivity index (χ0n) is 9.67. The van der Waals surface area contributed by atoms with E-state index in [2.05, 4.69) is 36.5 Å². The van der Waals surface area contributed by atoms with Gasteiger partial charge in [-0.15, -0.1) is 0 Å². The third-order valence-corrected chi connectivity index (χ3v) is 3.84. The molecule has 0 amide bonds. The maximum Gasteiger partial charge on any atom is 0.128 e. The van der Waals surface area contributed by atoms with Crippen LogP contribution >= 0.6 is 15.9 Å². The normalized spacial score (nSPS) is 14.1. The minimum absolute atomic E-state index is 0.664. The highest BCUT2D eigenvalue weighted by molar-refractivity contribution is 9.10. The molecule has 1 aliphatic rings. The van der Waals surface area contributed by atoms with Crippen LogP contribution in [0.5, 0.6) is 0 Å². The number of aromatic nitrogens is 2. The molecule has 0 bridgehead atoms. The van der Waals surface area contributed by atoms with Crippen LogP contribution in [-0.4, -0.2) is 16.1 Å². The molecule has 0 N–H and O–H groups in total. The fraction of sp³-hybridized carbons (Fsp3) is 0.231. The first-order chi connectivity index (χ1) is 8.78. The van der Waals surface area contributed by atoms with Gasteiger partial charge < -0.3 is 9.47 Å². The zero-order valence-corrected chi connectivity index (χ0v) is 11.3. The SMILES string of the molecule is N#Cc1ccc(N2CCn3ccnc3C2)cc1Br. The van der Waals surface area contributed by atoms with E-state index >= 15 is 0 Å². The molecule has 0 spiro atoms. The summed E-state index contributed by atoms with van der Waals surface area (Å²) in [5.41, 5.74) is 1.78. The molecular weight excluding hydrogens is 292 g/mol. The summed E-state index contributed by atoms with van der Waals surface area (Å²) in [5.74, 6) is 1.08. The molecule has 0 unspecified atom stereocenters. The number of hydrogen-bond donors (Lipinski definition) is 0. The van der Waals surface area contributed by atoms with Crippen LogP contribution in [-0.2, 0) is 13.1 Å². The highest BCUT2D eigenvalue weighted by Gasteiger charge is 2.17. The van der Waals surface area contributed by atoms with Gasteiger partial charge in [0.1, 0.15) is 11.9 Å². The molecule has 5 heteroatoms. The Kier molecular flexibility index (Phi) is 2.80. The van der Waals surface area contributed by atoms with Gasteiger partial charge in [0.25, 0.3) is 0 Å².